The molecule has 2 aromatic heterocycles. The van der Waals surface area contributed by atoms with Crippen LogP contribution in [0.1, 0.15) is 23.2 Å². The summed E-state index contributed by atoms with van der Waals surface area (Å²) in [6.45, 7) is 1.86. The molecule has 2 heterocycles. The zero-order valence-corrected chi connectivity index (χ0v) is 7.89. The van der Waals surface area contributed by atoms with Crippen molar-refractivity contribution in [3.63, 3.8) is 0 Å². The van der Waals surface area contributed by atoms with Gasteiger partial charge in [-0.2, -0.15) is 9.50 Å². The van der Waals surface area contributed by atoms with Crippen molar-refractivity contribution >= 4 is 11.7 Å². The van der Waals surface area contributed by atoms with E-state index in [0.29, 0.717) is 12.2 Å². The number of aryl methyl sites for hydroxylation is 1. The van der Waals surface area contributed by atoms with Gasteiger partial charge < -0.3 is 5.11 Å². The fraction of sp³-hybridized carbons (Fsp3) is 0.250. The van der Waals surface area contributed by atoms with Gasteiger partial charge in [0.05, 0.1) is 0 Å². The van der Waals surface area contributed by atoms with E-state index in [1.165, 1.54) is 0 Å². The normalized spacial score (nSPS) is 10.7. The van der Waals surface area contributed by atoms with Crippen LogP contribution in [0.3, 0.4) is 0 Å². The Morgan fingerprint density at radius 2 is 2.33 bits per heavy atom. The number of nitrogens with one attached hydrogen (secondary N) is 1. The van der Waals surface area contributed by atoms with Gasteiger partial charge in [-0.15, -0.1) is 0 Å². The van der Waals surface area contributed by atoms with Gasteiger partial charge in [0.15, 0.2) is 5.69 Å². The van der Waals surface area contributed by atoms with Crippen molar-refractivity contribution in [3.8, 4) is 0 Å². The number of hydrogen-bond acceptors (Lipinski definition) is 4. The number of fused-ring (bicyclic) bond motifs is 1. The minimum Gasteiger partial charge on any atom is -0.477 e. The fourth-order valence-corrected chi connectivity index (χ4v) is 1.19. The summed E-state index contributed by atoms with van der Waals surface area (Å²) in [5, 5.41) is 11.4. The minimum atomic E-state index is -1.24. The van der Waals surface area contributed by atoms with Gasteiger partial charge >= 0.3 is 5.97 Å². The summed E-state index contributed by atoms with van der Waals surface area (Å²) in [6.07, 6.45) is 0.616. The molecule has 2 aromatic rings. The monoisotopic (exact) mass is 208 g/mol. The molecule has 7 nitrogen and oxygen atoms in total. The first-order valence-corrected chi connectivity index (χ1v) is 4.34. The van der Waals surface area contributed by atoms with Crippen LogP contribution in [-0.2, 0) is 6.42 Å². The highest BCUT2D eigenvalue weighted by Crippen LogP contribution is 1.97. The largest absolute Gasteiger partial charge is 0.477 e. The average Bonchev–Trinajstić information content (AvgIpc) is 2.61. The minimum absolute atomic E-state index is 0.0803. The quantitative estimate of drug-likeness (QED) is 0.704. The topological polar surface area (TPSA) is 100 Å². The van der Waals surface area contributed by atoms with Gasteiger partial charge in [0.25, 0.3) is 11.3 Å². The van der Waals surface area contributed by atoms with E-state index < -0.39 is 11.5 Å². The van der Waals surface area contributed by atoms with E-state index in [2.05, 4.69) is 15.1 Å². The van der Waals surface area contributed by atoms with Crippen molar-refractivity contribution < 1.29 is 9.90 Å². The van der Waals surface area contributed by atoms with E-state index in [-0.39, 0.29) is 11.5 Å². The van der Waals surface area contributed by atoms with Crippen LogP contribution in [0.25, 0.3) is 5.78 Å². The first kappa shape index (κ1) is 9.38. The molecule has 0 aliphatic rings. The van der Waals surface area contributed by atoms with E-state index in [4.69, 9.17) is 5.11 Å². The molecule has 0 fully saturated rings. The smallest absolute Gasteiger partial charge is 0.354 e. The zero-order valence-electron chi connectivity index (χ0n) is 7.89. The van der Waals surface area contributed by atoms with Crippen LogP contribution in [0.2, 0.25) is 0 Å². The molecule has 0 aliphatic carbocycles. The molecule has 0 aromatic carbocycles. The lowest BCUT2D eigenvalue weighted by Crippen LogP contribution is -2.17. The second kappa shape index (κ2) is 3.19. The van der Waals surface area contributed by atoms with Gasteiger partial charge in [0.2, 0.25) is 0 Å². The Labute approximate surface area is 83.4 Å². The molecular formula is C8H8N4O3. The molecule has 0 radical (unpaired) electrons. The maximum absolute atomic E-state index is 11.4. The molecule has 0 amide bonds. The van der Waals surface area contributed by atoms with Crippen molar-refractivity contribution in [2.45, 2.75) is 13.3 Å². The second-order valence-electron chi connectivity index (χ2n) is 2.94. The maximum atomic E-state index is 11.4. The van der Waals surface area contributed by atoms with Gasteiger partial charge in [0.1, 0.15) is 5.82 Å². The highest BCUT2D eigenvalue weighted by molar-refractivity contribution is 5.85. The predicted molar refractivity (Wildman–Crippen MR) is 49.9 cm³/mol. The molecule has 2 rings (SSSR count). The van der Waals surface area contributed by atoms with E-state index in [9.17, 15) is 9.59 Å². The number of carboxylic acids is 1. The van der Waals surface area contributed by atoms with Gasteiger partial charge in [-0.1, -0.05) is 6.92 Å². The van der Waals surface area contributed by atoms with E-state index >= 15 is 0 Å². The van der Waals surface area contributed by atoms with Crippen LogP contribution in [0, 0.1) is 0 Å². The molecule has 0 saturated heterocycles. The summed E-state index contributed by atoms with van der Waals surface area (Å²) in [7, 11) is 0. The standard InChI is InChI=1S/C8H8N4O3/c1-2-5-10-8-9-4(7(14)15)3-6(13)12(8)11-5/h3H,2H2,1H3,(H,14,15)(H,9,10,11). The first-order valence-electron chi connectivity index (χ1n) is 4.34. The molecule has 15 heavy (non-hydrogen) atoms. The maximum Gasteiger partial charge on any atom is 0.354 e. The summed E-state index contributed by atoms with van der Waals surface area (Å²) in [4.78, 5) is 29.7. The van der Waals surface area contributed by atoms with Gasteiger partial charge in [-0.25, -0.2) is 9.78 Å². The molecule has 0 saturated carbocycles. The van der Waals surface area contributed by atoms with Crippen molar-refractivity contribution in [1.29, 1.82) is 0 Å². The molecule has 7 heteroatoms. The van der Waals surface area contributed by atoms with Gasteiger partial charge in [0, 0.05) is 12.5 Å². The summed E-state index contributed by atoms with van der Waals surface area (Å²) < 4.78 is 1.12. The Bertz CT molecular complexity index is 583. The number of aromatic carboxylic acids is 1. The second-order valence-corrected chi connectivity index (χ2v) is 2.94. The lowest BCUT2D eigenvalue weighted by atomic mass is 10.4. The third-order valence-electron chi connectivity index (χ3n) is 1.93. The number of rotatable bonds is 2. The number of carbonyl (C=O) groups is 1. The van der Waals surface area contributed by atoms with Gasteiger partial charge in [-0.3, -0.25) is 9.89 Å². The summed E-state index contributed by atoms with van der Waals surface area (Å²) >= 11 is 0. The van der Waals surface area contributed by atoms with Gasteiger partial charge in [-0.05, 0) is 0 Å². The Kier molecular flexibility index (Phi) is 2.00. The lowest BCUT2D eigenvalue weighted by molar-refractivity contribution is 0.0690. The van der Waals surface area contributed by atoms with Crippen LogP contribution in [0.4, 0.5) is 0 Å². The van der Waals surface area contributed by atoms with Crippen molar-refractivity contribution in [2.75, 3.05) is 0 Å². The highest BCUT2D eigenvalue weighted by atomic mass is 16.4. The molecule has 0 bridgehead atoms. The van der Waals surface area contributed by atoms with Crippen LogP contribution in [-0.4, -0.2) is 30.7 Å². The van der Waals surface area contributed by atoms with Crippen LogP contribution in [0.5, 0.6) is 0 Å². The Balaban J connectivity index is 2.76. The first-order chi connectivity index (χ1) is 7.11. The van der Waals surface area contributed by atoms with Crippen LogP contribution in [0.15, 0.2) is 10.9 Å². The lowest BCUT2D eigenvalue weighted by Gasteiger charge is -1.92. The van der Waals surface area contributed by atoms with E-state index in [1.807, 2.05) is 6.92 Å². The molecule has 2 N–H and O–H groups in total. The molecule has 0 atom stereocenters. The molecule has 0 spiro atoms. The number of aromatic amines is 1. The van der Waals surface area contributed by atoms with Crippen molar-refractivity contribution in [3.05, 3.63) is 27.9 Å². The Morgan fingerprint density at radius 1 is 1.60 bits per heavy atom. The van der Waals surface area contributed by atoms with Crippen LogP contribution < -0.4 is 5.56 Å². The highest BCUT2D eigenvalue weighted by Gasteiger charge is 2.11. The molecule has 78 valence electrons. The van der Waals surface area contributed by atoms with E-state index in [0.717, 1.165) is 10.6 Å². The summed E-state index contributed by atoms with van der Waals surface area (Å²) in [5.74, 6) is -0.575. The summed E-state index contributed by atoms with van der Waals surface area (Å²) in [6, 6.07) is 0.951. The number of aromatic nitrogens is 4. The number of H-pyrrole nitrogens is 1. The van der Waals surface area contributed by atoms with Crippen molar-refractivity contribution in [1.82, 2.24) is 19.6 Å². The molecule has 0 unspecified atom stereocenters. The predicted octanol–water partition coefficient (Wildman–Crippen LogP) is -0.322. The average molecular weight is 208 g/mol. The van der Waals surface area contributed by atoms with Crippen LogP contribution >= 0.6 is 0 Å². The van der Waals surface area contributed by atoms with Crippen molar-refractivity contribution in [2.24, 2.45) is 0 Å². The third-order valence-corrected chi connectivity index (χ3v) is 1.93. The number of hydrogen-bond donors (Lipinski definition) is 2. The zero-order chi connectivity index (χ0) is 11.0. The fourth-order valence-electron chi connectivity index (χ4n) is 1.19. The summed E-state index contributed by atoms with van der Waals surface area (Å²) in [5.41, 5.74) is -0.779. The Hall–Kier alpha value is -2.18. The SMILES string of the molecule is CCc1nc2nc(C(=O)O)cc(=O)n2[nH]1. The number of carboxylic acid groups (broad SMARTS) is 1. The number of nitrogens with zero attached hydrogens (tertiary/aromatic N) is 3. The molecular weight excluding hydrogens is 200 g/mol. The molecule has 0 aliphatic heterocycles. The Morgan fingerprint density at radius 3 is 2.93 bits per heavy atom. The third kappa shape index (κ3) is 1.47. The van der Waals surface area contributed by atoms with E-state index in [1.54, 1.807) is 0 Å².